The number of nitrogens with zero attached hydrogens (tertiary/aromatic N) is 5. The predicted octanol–water partition coefficient (Wildman–Crippen LogP) is 3.27. The van der Waals surface area contributed by atoms with Crippen LogP contribution in [0.25, 0.3) is 11.4 Å². The van der Waals surface area contributed by atoms with Gasteiger partial charge in [0, 0.05) is 23.1 Å². The van der Waals surface area contributed by atoms with Crippen molar-refractivity contribution in [1.29, 1.82) is 0 Å². The lowest BCUT2D eigenvalue weighted by molar-refractivity contribution is 0.856. The van der Waals surface area contributed by atoms with Gasteiger partial charge >= 0.3 is 0 Å². The van der Waals surface area contributed by atoms with E-state index < -0.39 is 0 Å². The van der Waals surface area contributed by atoms with Gasteiger partial charge in [0.2, 0.25) is 0 Å². The highest BCUT2D eigenvalue weighted by atomic mass is 15.3. The van der Waals surface area contributed by atoms with Crippen molar-refractivity contribution in [3.05, 3.63) is 72.1 Å². The fourth-order valence-electron chi connectivity index (χ4n) is 2.76. The van der Waals surface area contributed by atoms with Gasteiger partial charge in [-0.2, -0.15) is 5.10 Å². The third kappa shape index (κ3) is 2.30. The van der Waals surface area contributed by atoms with Crippen LogP contribution in [0.5, 0.6) is 0 Å². The highest BCUT2D eigenvalue weighted by Gasteiger charge is 2.27. The first-order valence-electron chi connectivity index (χ1n) is 7.53. The van der Waals surface area contributed by atoms with Crippen LogP contribution >= 0.6 is 0 Å². The number of aryl methyl sites for hydroxylation is 2. The number of anilines is 1. The van der Waals surface area contributed by atoms with Crippen LogP contribution in [0.3, 0.4) is 0 Å². The molecule has 5 nitrogen and oxygen atoms in total. The molecular weight excluding hydrogens is 286 g/mol. The quantitative estimate of drug-likeness (QED) is 0.729. The van der Waals surface area contributed by atoms with Crippen LogP contribution in [0.15, 0.2) is 49.4 Å². The number of hydrogen-bond donors (Lipinski definition) is 0. The lowest BCUT2D eigenvalue weighted by Crippen LogP contribution is -2.14. The first kappa shape index (κ1) is 13.7. The topological polar surface area (TPSA) is 46.8 Å². The van der Waals surface area contributed by atoms with E-state index in [1.54, 1.807) is 0 Å². The fourth-order valence-corrected chi connectivity index (χ4v) is 2.76. The monoisotopic (exact) mass is 303 g/mol. The Balaban J connectivity index is 1.65. The first-order chi connectivity index (χ1) is 11.1. The standard InChI is InChI=1S/C18H17N5/c1-12-4-6-16(8-19-12)22-10-15-11-23(21-18(15)14(22)3)17-7-5-13(2)20-9-17/h4-9,11H,3,10H2,1-2H3. The van der Waals surface area contributed by atoms with Crippen LogP contribution in [0.1, 0.15) is 22.6 Å². The van der Waals surface area contributed by atoms with Crippen molar-refractivity contribution in [2.75, 3.05) is 4.90 Å². The molecule has 5 heteroatoms. The van der Waals surface area contributed by atoms with Gasteiger partial charge in [0.05, 0.1) is 36.0 Å². The molecule has 0 amide bonds. The van der Waals surface area contributed by atoms with Gasteiger partial charge in [-0.25, -0.2) is 4.68 Å². The molecule has 4 heterocycles. The largest absolute Gasteiger partial charge is 0.334 e. The highest BCUT2D eigenvalue weighted by Crippen LogP contribution is 2.34. The molecule has 0 saturated heterocycles. The van der Waals surface area contributed by atoms with Crippen molar-refractivity contribution >= 4 is 11.4 Å². The third-order valence-corrected chi connectivity index (χ3v) is 4.09. The predicted molar refractivity (Wildman–Crippen MR) is 90.3 cm³/mol. The molecule has 0 radical (unpaired) electrons. The zero-order chi connectivity index (χ0) is 16.0. The van der Waals surface area contributed by atoms with Crippen molar-refractivity contribution < 1.29 is 0 Å². The molecule has 1 aliphatic heterocycles. The Labute approximate surface area is 134 Å². The molecule has 0 atom stereocenters. The minimum Gasteiger partial charge on any atom is -0.334 e. The Morgan fingerprint density at radius 1 is 0.957 bits per heavy atom. The van der Waals surface area contributed by atoms with Gasteiger partial charge in [-0.3, -0.25) is 9.97 Å². The van der Waals surface area contributed by atoms with Crippen molar-refractivity contribution in [3.8, 4) is 5.69 Å². The second-order valence-corrected chi connectivity index (χ2v) is 5.80. The number of pyridine rings is 2. The van der Waals surface area contributed by atoms with Crippen molar-refractivity contribution in [3.63, 3.8) is 0 Å². The zero-order valence-corrected chi connectivity index (χ0v) is 13.2. The van der Waals surface area contributed by atoms with E-state index in [1.807, 2.05) is 49.1 Å². The van der Waals surface area contributed by atoms with Gasteiger partial charge in [-0.15, -0.1) is 0 Å². The van der Waals surface area contributed by atoms with Gasteiger partial charge in [-0.05, 0) is 38.1 Å². The first-order valence-corrected chi connectivity index (χ1v) is 7.53. The van der Waals surface area contributed by atoms with Crippen LogP contribution in [-0.4, -0.2) is 19.7 Å². The third-order valence-electron chi connectivity index (χ3n) is 4.09. The fraction of sp³-hybridized carbons (Fsp3) is 0.167. The molecule has 0 N–H and O–H groups in total. The van der Waals surface area contributed by atoms with Crippen LogP contribution in [0.4, 0.5) is 5.69 Å². The molecule has 0 unspecified atom stereocenters. The summed E-state index contributed by atoms with van der Waals surface area (Å²) in [5.74, 6) is 0. The van der Waals surface area contributed by atoms with Crippen molar-refractivity contribution in [1.82, 2.24) is 19.7 Å². The lowest BCUT2D eigenvalue weighted by Gasteiger charge is -2.19. The zero-order valence-electron chi connectivity index (χ0n) is 13.2. The van der Waals surface area contributed by atoms with Gasteiger partial charge in [-0.1, -0.05) is 6.58 Å². The summed E-state index contributed by atoms with van der Waals surface area (Å²) in [6.07, 6.45) is 5.76. The van der Waals surface area contributed by atoms with Gasteiger partial charge < -0.3 is 4.90 Å². The van der Waals surface area contributed by atoms with Crippen LogP contribution in [0, 0.1) is 13.8 Å². The Morgan fingerprint density at radius 3 is 2.17 bits per heavy atom. The van der Waals surface area contributed by atoms with Gasteiger partial charge in [0.1, 0.15) is 5.69 Å². The average molecular weight is 303 g/mol. The summed E-state index contributed by atoms with van der Waals surface area (Å²) in [5.41, 5.74) is 7.01. The van der Waals surface area contributed by atoms with E-state index in [0.717, 1.165) is 46.3 Å². The second-order valence-electron chi connectivity index (χ2n) is 5.80. The van der Waals surface area contributed by atoms with E-state index >= 15 is 0 Å². The summed E-state index contributed by atoms with van der Waals surface area (Å²) in [4.78, 5) is 10.8. The molecule has 0 bridgehead atoms. The molecule has 4 rings (SSSR count). The summed E-state index contributed by atoms with van der Waals surface area (Å²) < 4.78 is 1.87. The van der Waals surface area contributed by atoms with Crippen molar-refractivity contribution in [2.45, 2.75) is 20.4 Å². The second kappa shape index (κ2) is 5.05. The molecule has 3 aromatic rings. The SMILES string of the molecule is C=C1c2nn(-c3ccc(C)nc3)cc2CN1c1ccc(C)nc1. The molecule has 0 aromatic carbocycles. The van der Waals surface area contributed by atoms with E-state index in [1.165, 1.54) is 0 Å². The molecule has 1 aliphatic rings. The van der Waals surface area contributed by atoms with Crippen molar-refractivity contribution in [2.24, 2.45) is 0 Å². The van der Waals surface area contributed by atoms with E-state index in [-0.39, 0.29) is 0 Å². The molecule has 23 heavy (non-hydrogen) atoms. The minimum absolute atomic E-state index is 0.762. The maximum atomic E-state index is 4.68. The van der Waals surface area contributed by atoms with Gasteiger partial charge in [0.15, 0.2) is 0 Å². The molecule has 0 saturated carbocycles. The number of fused-ring (bicyclic) bond motifs is 1. The summed E-state index contributed by atoms with van der Waals surface area (Å²) in [6, 6.07) is 8.09. The lowest BCUT2D eigenvalue weighted by atomic mass is 10.3. The maximum Gasteiger partial charge on any atom is 0.114 e. The Hall–Kier alpha value is -2.95. The summed E-state index contributed by atoms with van der Waals surface area (Å²) >= 11 is 0. The molecule has 0 spiro atoms. The van der Waals surface area contributed by atoms with Gasteiger partial charge in [0.25, 0.3) is 0 Å². The molecule has 0 fully saturated rings. The maximum absolute atomic E-state index is 4.68. The normalized spacial score (nSPS) is 13.5. The summed E-state index contributed by atoms with van der Waals surface area (Å²) in [5, 5.41) is 4.68. The highest BCUT2D eigenvalue weighted by molar-refractivity contribution is 5.81. The van der Waals surface area contributed by atoms with Crippen LogP contribution in [0.2, 0.25) is 0 Å². The van der Waals surface area contributed by atoms with Crippen LogP contribution in [-0.2, 0) is 6.54 Å². The average Bonchev–Trinajstić information content (AvgIpc) is 3.09. The number of aromatic nitrogens is 4. The number of rotatable bonds is 2. The van der Waals surface area contributed by atoms with Crippen LogP contribution < -0.4 is 4.90 Å². The van der Waals surface area contributed by atoms with E-state index in [9.17, 15) is 0 Å². The Bertz CT molecular complexity index is 875. The molecule has 3 aromatic heterocycles. The summed E-state index contributed by atoms with van der Waals surface area (Å²) in [6.45, 7) is 8.92. The van der Waals surface area contributed by atoms with E-state index in [0.29, 0.717) is 0 Å². The smallest absolute Gasteiger partial charge is 0.114 e. The molecule has 114 valence electrons. The number of hydrogen-bond acceptors (Lipinski definition) is 4. The molecular formula is C18H17N5. The minimum atomic E-state index is 0.762. The summed E-state index contributed by atoms with van der Waals surface area (Å²) in [7, 11) is 0. The Morgan fingerprint density at radius 2 is 1.61 bits per heavy atom. The Kier molecular flexibility index (Phi) is 3.01. The molecule has 0 aliphatic carbocycles. The van der Waals surface area contributed by atoms with E-state index in [4.69, 9.17) is 0 Å². The van der Waals surface area contributed by atoms with E-state index in [2.05, 4.69) is 38.8 Å².